The van der Waals surface area contributed by atoms with E-state index in [-0.39, 0.29) is 0 Å². The SMILES string of the molecule is O=S(=O)(c1cccc(-c2csc(=Nc3ccccc3)n2CC[NH+]2CCOCC2)c1)N1CCCC1. The monoisotopic (exact) mass is 499 g/mol. The van der Waals surface area contributed by atoms with E-state index < -0.39 is 10.0 Å². The summed E-state index contributed by atoms with van der Waals surface area (Å²) in [7, 11) is -3.47. The van der Waals surface area contributed by atoms with Gasteiger partial charge in [0.1, 0.15) is 13.1 Å². The van der Waals surface area contributed by atoms with Crippen molar-refractivity contribution in [3.05, 3.63) is 64.8 Å². The smallest absolute Gasteiger partial charge is 0.243 e. The first-order valence-corrected chi connectivity index (χ1v) is 14.2. The van der Waals surface area contributed by atoms with Gasteiger partial charge in [0, 0.05) is 24.0 Å². The maximum Gasteiger partial charge on any atom is 0.243 e. The first-order chi connectivity index (χ1) is 16.6. The number of sulfonamides is 1. The Morgan fingerprint density at radius 1 is 1.00 bits per heavy atom. The number of rotatable bonds is 7. The first-order valence-electron chi connectivity index (χ1n) is 11.9. The van der Waals surface area contributed by atoms with Crippen LogP contribution in [-0.2, 0) is 21.3 Å². The zero-order valence-electron chi connectivity index (χ0n) is 19.2. The molecule has 0 amide bonds. The van der Waals surface area contributed by atoms with Crippen LogP contribution in [0.4, 0.5) is 5.69 Å². The summed E-state index contributed by atoms with van der Waals surface area (Å²) in [6.45, 7) is 6.61. The van der Waals surface area contributed by atoms with E-state index in [4.69, 9.17) is 9.73 Å². The Bertz CT molecular complexity index is 1270. The third-order valence-electron chi connectivity index (χ3n) is 6.50. The summed E-state index contributed by atoms with van der Waals surface area (Å²) < 4.78 is 35.7. The summed E-state index contributed by atoms with van der Waals surface area (Å²) in [5.41, 5.74) is 2.82. The molecule has 180 valence electrons. The highest BCUT2D eigenvalue weighted by Gasteiger charge is 2.27. The number of nitrogens with one attached hydrogen (secondary N) is 1. The highest BCUT2D eigenvalue weighted by atomic mass is 32.2. The predicted octanol–water partition coefficient (Wildman–Crippen LogP) is 2.15. The maximum atomic E-state index is 13.2. The van der Waals surface area contributed by atoms with Crippen molar-refractivity contribution in [2.75, 3.05) is 45.9 Å². The van der Waals surface area contributed by atoms with E-state index >= 15 is 0 Å². The Kier molecular flexibility index (Phi) is 7.26. The lowest BCUT2D eigenvalue weighted by Crippen LogP contribution is -3.14. The predicted molar refractivity (Wildman–Crippen MR) is 134 cm³/mol. The van der Waals surface area contributed by atoms with Crippen molar-refractivity contribution < 1.29 is 18.1 Å². The topological polar surface area (TPSA) is 68.3 Å². The third-order valence-corrected chi connectivity index (χ3v) is 9.26. The van der Waals surface area contributed by atoms with Crippen LogP contribution < -0.4 is 9.70 Å². The summed E-state index contributed by atoms with van der Waals surface area (Å²) in [6, 6.07) is 17.3. The third kappa shape index (κ3) is 5.18. The molecule has 9 heteroatoms. The van der Waals surface area contributed by atoms with Crippen molar-refractivity contribution in [1.29, 1.82) is 0 Å². The number of para-hydroxylation sites is 1. The Balaban J connectivity index is 1.51. The lowest BCUT2D eigenvalue weighted by molar-refractivity contribution is -0.908. The van der Waals surface area contributed by atoms with Gasteiger partial charge < -0.3 is 14.2 Å². The van der Waals surface area contributed by atoms with Crippen molar-refractivity contribution in [1.82, 2.24) is 8.87 Å². The van der Waals surface area contributed by atoms with Gasteiger partial charge in [-0.25, -0.2) is 13.4 Å². The molecule has 0 aliphatic carbocycles. The van der Waals surface area contributed by atoms with Crippen LogP contribution in [0.25, 0.3) is 11.3 Å². The van der Waals surface area contributed by atoms with E-state index in [1.54, 1.807) is 21.7 Å². The molecule has 34 heavy (non-hydrogen) atoms. The minimum Gasteiger partial charge on any atom is -0.370 e. The lowest BCUT2D eigenvalue weighted by atomic mass is 10.2. The van der Waals surface area contributed by atoms with E-state index in [0.29, 0.717) is 18.0 Å². The van der Waals surface area contributed by atoms with Crippen LogP contribution in [0.5, 0.6) is 0 Å². The molecule has 2 aliphatic rings. The normalized spacial score (nSPS) is 18.5. The van der Waals surface area contributed by atoms with E-state index in [0.717, 1.165) is 74.0 Å². The average molecular weight is 500 g/mol. The molecule has 0 radical (unpaired) electrons. The molecule has 2 aliphatic heterocycles. The van der Waals surface area contributed by atoms with Crippen LogP contribution in [0, 0.1) is 0 Å². The quantitative estimate of drug-likeness (QED) is 0.542. The Labute approximate surface area is 205 Å². The summed E-state index contributed by atoms with van der Waals surface area (Å²) in [5.74, 6) is 0. The molecule has 1 aromatic heterocycles. The van der Waals surface area contributed by atoms with Crippen LogP contribution in [0.15, 0.2) is 69.9 Å². The second kappa shape index (κ2) is 10.5. The molecule has 0 spiro atoms. The van der Waals surface area contributed by atoms with Crippen molar-refractivity contribution >= 4 is 27.0 Å². The van der Waals surface area contributed by atoms with Crippen LogP contribution in [0.3, 0.4) is 0 Å². The number of benzene rings is 2. The second-order valence-corrected chi connectivity index (χ2v) is 11.5. The van der Waals surface area contributed by atoms with Crippen LogP contribution in [0.2, 0.25) is 0 Å². The molecule has 5 rings (SSSR count). The maximum absolute atomic E-state index is 13.2. The number of nitrogens with zero attached hydrogens (tertiary/aromatic N) is 3. The molecule has 0 bridgehead atoms. The van der Waals surface area contributed by atoms with Crippen LogP contribution in [0.1, 0.15) is 12.8 Å². The highest BCUT2D eigenvalue weighted by Crippen LogP contribution is 2.27. The van der Waals surface area contributed by atoms with Crippen LogP contribution in [-0.4, -0.2) is 63.2 Å². The molecule has 3 heterocycles. The van der Waals surface area contributed by atoms with Gasteiger partial charge in [-0.2, -0.15) is 4.31 Å². The van der Waals surface area contributed by atoms with Gasteiger partial charge >= 0.3 is 0 Å². The molecule has 0 unspecified atom stereocenters. The molecule has 0 atom stereocenters. The van der Waals surface area contributed by atoms with Crippen molar-refractivity contribution in [2.24, 2.45) is 4.99 Å². The van der Waals surface area contributed by atoms with Gasteiger partial charge in [0.25, 0.3) is 0 Å². The number of hydrogen-bond donors (Lipinski definition) is 1. The molecule has 2 fully saturated rings. The van der Waals surface area contributed by atoms with E-state index in [1.165, 1.54) is 4.90 Å². The molecular formula is C25H31N4O3S2+. The summed E-state index contributed by atoms with van der Waals surface area (Å²) in [5, 5.41) is 2.10. The first kappa shape index (κ1) is 23.4. The van der Waals surface area contributed by atoms with Gasteiger partial charge in [-0.1, -0.05) is 30.3 Å². The van der Waals surface area contributed by atoms with Gasteiger partial charge in [0.05, 0.1) is 42.6 Å². The summed E-state index contributed by atoms with van der Waals surface area (Å²) in [6.07, 6.45) is 1.86. The van der Waals surface area contributed by atoms with E-state index in [9.17, 15) is 8.42 Å². The second-order valence-electron chi connectivity index (χ2n) is 8.75. The van der Waals surface area contributed by atoms with Crippen LogP contribution >= 0.6 is 11.3 Å². The Hall–Kier alpha value is -2.30. The Morgan fingerprint density at radius 2 is 1.76 bits per heavy atom. The number of thiazole rings is 1. The molecular weight excluding hydrogens is 468 g/mol. The number of quaternary nitrogens is 1. The van der Waals surface area contributed by atoms with E-state index in [1.807, 2.05) is 48.5 Å². The summed E-state index contributed by atoms with van der Waals surface area (Å²) in [4.78, 5) is 7.71. The average Bonchev–Trinajstić information content (AvgIpc) is 3.55. The molecule has 7 nitrogen and oxygen atoms in total. The van der Waals surface area contributed by atoms with E-state index in [2.05, 4.69) is 9.95 Å². The fourth-order valence-corrected chi connectivity index (χ4v) is 7.07. The zero-order chi connectivity index (χ0) is 23.4. The lowest BCUT2D eigenvalue weighted by Gasteiger charge is -2.24. The molecule has 0 saturated carbocycles. The molecule has 1 N–H and O–H groups in total. The molecule has 3 aromatic rings. The zero-order valence-corrected chi connectivity index (χ0v) is 20.9. The van der Waals surface area contributed by atoms with Gasteiger partial charge in [-0.05, 0) is 37.1 Å². The largest absolute Gasteiger partial charge is 0.370 e. The fourth-order valence-electron chi connectivity index (χ4n) is 4.55. The van der Waals surface area contributed by atoms with Gasteiger partial charge in [0.15, 0.2) is 4.80 Å². The highest BCUT2D eigenvalue weighted by molar-refractivity contribution is 7.89. The fraction of sp³-hybridized carbons (Fsp3) is 0.400. The van der Waals surface area contributed by atoms with Gasteiger partial charge in [0.2, 0.25) is 10.0 Å². The molecule has 2 aromatic carbocycles. The summed E-state index contributed by atoms with van der Waals surface area (Å²) >= 11 is 1.59. The van der Waals surface area contributed by atoms with Gasteiger partial charge in [-0.15, -0.1) is 11.3 Å². The van der Waals surface area contributed by atoms with Crippen molar-refractivity contribution in [3.8, 4) is 11.3 Å². The minimum absolute atomic E-state index is 0.366. The van der Waals surface area contributed by atoms with Crippen molar-refractivity contribution in [3.63, 3.8) is 0 Å². The number of morpholine rings is 1. The number of hydrogen-bond acceptors (Lipinski definition) is 5. The molecule has 2 saturated heterocycles. The standard InChI is InChI=1S/C25H30N4O3S2/c30-34(31,28-11-4-5-12-28)23-10-6-7-21(19-23)24-20-33-25(26-22-8-2-1-3-9-22)29(24)14-13-27-15-17-32-18-16-27/h1-3,6-10,19-20H,4-5,11-18H2/p+1. The Morgan fingerprint density at radius 3 is 2.53 bits per heavy atom. The number of aromatic nitrogens is 1. The van der Waals surface area contributed by atoms with Crippen molar-refractivity contribution in [2.45, 2.75) is 24.3 Å². The minimum atomic E-state index is -3.47. The number of ether oxygens (including phenoxy) is 1. The van der Waals surface area contributed by atoms with Gasteiger partial charge in [-0.3, -0.25) is 0 Å².